The van der Waals surface area contributed by atoms with Crippen LogP contribution in [0.25, 0.3) is 0 Å². The van der Waals surface area contributed by atoms with Gasteiger partial charge in [0, 0.05) is 38.8 Å². The van der Waals surface area contributed by atoms with Crippen LogP contribution in [-0.4, -0.2) is 81.1 Å². The van der Waals surface area contributed by atoms with Gasteiger partial charge in [-0.25, -0.2) is 4.39 Å². The van der Waals surface area contributed by atoms with E-state index in [0.29, 0.717) is 12.3 Å². The molecule has 2 fully saturated rings. The number of carbonyl (C=O) groups is 2. The van der Waals surface area contributed by atoms with Gasteiger partial charge in [0.25, 0.3) is 0 Å². The number of rotatable bonds is 7. The molecule has 8 heteroatoms. The number of carbonyl (C=O) groups excluding carboxylic acids is 2. The summed E-state index contributed by atoms with van der Waals surface area (Å²) in [6, 6.07) is 4.16. The molecule has 7 nitrogen and oxygen atoms in total. The van der Waals surface area contributed by atoms with Crippen molar-refractivity contribution in [3.63, 3.8) is 0 Å². The Labute approximate surface area is 165 Å². The lowest BCUT2D eigenvalue weighted by Gasteiger charge is -2.36. The van der Waals surface area contributed by atoms with Crippen molar-refractivity contribution >= 4 is 17.5 Å². The molecule has 0 saturated carbocycles. The van der Waals surface area contributed by atoms with Gasteiger partial charge < -0.3 is 15.0 Å². The number of likely N-dealkylation sites (N-methyl/N-ethyl adjacent to an activating group) is 1. The monoisotopic (exact) mass is 392 g/mol. The number of nitrogens with zero attached hydrogens (tertiary/aromatic N) is 3. The standard InChI is InChI=1S/C20H29FN4O3/c1-14-18(22-2)20(27)25(19(14)26)8-4-7-23-9-11-24(12-10-23)16-13-15(21)5-6-17(16)28-3/h5-6,13-14,18,22H,4,7-12H2,1-3H3. The van der Waals surface area contributed by atoms with Crippen LogP contribution in [-0.2, 0) is 9.59 Å². The Hall–Kier alpha value is -2.19. The Morgan fingerprint density at radius 2 is 1.86 bits per heavy atom. The lowest BCUT2D eigenvalue weighted by molar-refractivity contribution is -0.139. The summed E-state index contributed by atoms with van der Waals surface area (Å²) in [6.45, 7) is 6.32. The Balaban J connectivity index is 1.47. The predicted molar refractivity (Wildman–Crippen MR) is 105 cm³/mol. The van der Waals surface area contributed by atoms with Crippen LogP contribution in [0.5, 0.6) is 5.75 Å². The quantitative estimate of drug-likeness (QED) is 0.697. The van der Waals surface area contributed by atoms with Crippen molar-refractivity contribution < 1.29 is 18.7 Å². The third-order valence-corrected chi connectivity index (χ3v) is 5.71. The first-order chi connectivity index (χ1) is 13.5. The number of piperazine rings is 1. The molecule has 3 rings (SSSR count). The van der Waals surface area contributed by atoms with Crippen LogP contribution in [0.4, 0.5) is 10.1 Å². The largest absolute Gasteiger partial charge is 0.495 e. The van der Waals surface area contributed by atoms with E-state index < -0.39 is 6.04 Å². The number of methoxy groups -OCH3 is 1. The van der Waals surface area contributed by atoms with Crippen LogP contribution in [0, 0.1) is 11.7 Å². The Kier molecular flexibility index (Phi) is 6.51. The van der Waals surface area contributed by atoms with Gasteiger partial charge in [-0.3, -0.25) is 19.4 Å². The first kappa shape index (κ1) is 20.5. The van der Waals surface area contributed by atoms with Crippen LogP contribution in [0.1, 0.15) is 13.3 Å². The lowest BCUT2D eigenvalue weighted by Crippen LogP contribution is -2.47. The van der Waals surface area contributed by atoms with Crippen LogP contribution < -0.4 is 15.0 Å². The van der Waals surface area contributed by atoms with Crippen molar-refractivity contribution in [2.24, 2.45) is 5.92 Å². The number of amides is 2. The number of likely N-dealkylation sites (tertiary alicyclic amines) is 1. The number of ether oxygens (including phenoxy) is 1. The lowest BCUT2D eigenvalue weighted by atomic mass is 10.1. The zero-order valence-corrected chi connectivity index (χ0v) is 16.8. The number of hydrogen-bond acceptors (Lipinski definition) is 6. The maximum atomic E-state index is 13.6. The number of imide groups is 1. The van der Waals surface area contributed by atoms with Crippen LogP contribution in [0.15, 0.2) is 18.2 Å². The fourth-order valence-corrected chi connectivity index (χ4v) is 4.05. The van der Waals surface area contributed by atoms with Gasteiger partial charge in [-0.05, 0) is 32.1 Å². The van der Waals surface area contributed by atoms with Crippen molar-refractivity contribution in [2.45, 2.75) is 19.4 Å². The summed E-state index contributed by atoms with van der Waals surface area (Å²) in [5, 5.41) is 2.93. The molecule has 0 aromatic heterocycles. The number of benzene rings is 1. The molecule has 1 aromatic rings. The van der Waals surface area contributed by atoms with E-state index in [1.165, 1.54) is 17.0 Å². The number of halogens is 1. The molecule has 28 heavy (non-hydrogen) atoms. The van der Waals surface area contributed by atoms with Gasteiger partial charge in [0.15, 0.2) is 0 Å². The second-order valence-electron chi connectivity index (χ2n) is 7.38. The number of nitrogens with one attached hydrogen (secondary N) is 1. The highest BCUT2D eigenvalue weighted by Gasteiger charge is 2.43. The minimum Gasteiger partial charge on any atom is -0.495 e. The van der Waals surface area contributed by atoms with Gasteiger partial charge in [0.1, 0.15) is 11.6 Å². The van der Waals surface area contributed by atoms with Crippen molar-refractivity contribution in [2.75, 3.05) is 58.3 Å². The highest BCUT2D eigenvalue weighted by atomic mass is 19.1. The summed E-state index contributed by atoms with van der Waals surface area (Å²) in [6.07, 6.45) is 0.754. The third-order valence-electron chi connectivity index (χ3n) is 5.71. The molecule has 2 aliphatic heterocycles. The molecule has 2 aliphatic rings. The van der Waals surface area contributed by atoms with Crippen LogP contribution in [0.3, 0.4) is 0 Å². The maximum absolute atomic E-state index is 13.6. The minimum atomic E-state index is -0.405. The molecule has 1 N–H and O–H groups in total. The Morgan fingerprint density at radius 3 is 2.46 bits per heavy atom. The molecule has 154 valence electrons. The maximum Gasteiger partial charge on any atom is 0.247 e. The van der Waals surface area contributed by atoms with E-state index in [0.717, 1.165) is 44.8 Å². The van der Waals surface area contributed by atoms with Crippen molar-refractivity contribution in [3.05, 3.63) is 24.0 Å². The third kappa shape index (κ3) is 4.12. The predicted octanol–water partition coefficient (Wildman–Crippen LogP) is 0.939. The molecule has 0 aliphatic carbocycles. The summed E-state index contributed by atoms with van der Waals surface area (Å²) >= 11 is 0. The molecule has 2 unspecified atom stereocenters. The fourth-order valence-electron chi connectivity index (χ4n) is 4.05. The number of hydrogen-bond donors (Lipinski definition) is 1. The van der Waals surface area contributed by atoms with E-state index in [2.05, 4.69) is 15.1 Å². The fraction of sp³-hybridized carbons (Fsp3) is 0.600. The van der Waals surface area contributed by atoms with E-state index in [-0.39, 0.29) is 23.5 Å². The normalized spacial score (nSPS) is 23.6. The molecular weight excluding hydrogens is 363 g/mol. The first-order valence-corrected chi connectivity index (χ1v) is 9.79. The molecule has 2 atom stereocenters. The van der Waals surface area contributed by atoms with Crippen molar-refractivity contribution in [1.82, 2.24) is 15.1 Å². The van der Waals surface area contributed by atoms with Gasteiger partial charge >= 0.3 is 0 Å². The smallest absolute Gasteiger partial charge is 0.247 e. The second-order valence-corrected chi connectivity index (χ2v) is 7.38. The molecule has 0 radical (unpaired) electrons. The summed E-state index contributed by atoms with van der Waals surface area (Å²) in [4.78, 5) is 30.4. The van der Waals surface area contributed by atoms with Crippen LogP contribution >= 0.6 is 0 Å². The van der Waals surface area contributed by atoms with Crippen molar-refractivity contribution in [1.29, 1.82) is 0 Å². The number of anilines is 1. The van der Waals surface area contributed by atoms with Gasteiger partial charge in [-0.2, -0.15) is 0 Å². The van der Waals surface area contributed by atoms with E-state index in [4.69, 9.17) is 4.74 Å². The summed E-state index contributed by atoms with van der Waals surface area (Å²) in [7, 11) is 3.30. The molecule has 2 saturated heterocycles. The zero-order chi connectivity index (χ0) is 20.3. The zero-order valence-electron chi connectivity index (χ0n) is 16.8. The molecule has 2 amide bonds. The first-order valence-electron chi connectivity index (χ1n) is 9.79. The summed E-state index contributed by atoms with van der Waals surface area (Å²) in [5.74, 6) is -0.112. The van der Waals surface area contributed by atoms with Gasteiger partial charge in [0.2, 0.25) is 11.8 Å². The highest BCUT2D eigenvalue weighted by Crippen LogP contribution is 2.29. The SMILES string of the molecule is CNC1C(=O)N(CCCN2CCN(c3cc(F)ccc3OC)CC2)C(=O)C1C. The average Bonchev–Trinajstić information content (AvgIpc) is 2.91. The second kappa shape index (κ2) is 8.87. The van der Waals surface area contributed by atoms with E-state index in [1.807, 2.05) is 0 Å². The topological polar surface area (TPSA) is 65.1 Å². The van der Waals surface area contributed by atoms with E-state index in [9.17, 15) is 14.0 Å². The molecule has 2 heterocycles. The average molecular weight is 392 g/mol. The van der Waals surface area contributed by atoms with Crippen LogP contribution in [0.2, 0.25) is 0 Å². The van der Waals surface area contributed by atoms with Gasteiger partial charge in [0.05, 0.1) is 24.8 Å². The highest BCUT2D eigenvalue weighted by molar-refractivity contribution is 6.06. The van der Waals surface area contributed by atoms with Crippen molar-refractivity contribution in [3.8, 4) is 5.75 Å². The minimum absolute atomic E-state index is 0.0904. The Morgan fingerprint density at radius 1 is 1.14 bits per heavy atom. The molecular formula is C20H29FN4O3. The molecule has 0 spiro atoms. The summed E-state index contributed by atoms with van der Waals surface area (Å²) in [5.41, 5.74) is 0.780. The molecule has 0 bridgehead atoms. The van der Waals surface area contributed by atoms with Gasteiger partial charge in [-0.1, -0.05) is 6.92 Å². The van der Waals surface area contributed by atoms with Gasteiger partial charge in [-0.15, -0.1) is 0 Å². The van der Waals surface area contributed by atoms with E-state index >= 15 is 0 Å². The summed E-state index contributed by atoms with van der Waals surface area (Å²) < 4.78 is 19.0. The van der Waals surface area contributed by atoms with E-state index in [1.54, 1.807) is 27.1 Å². The molecule has 1 aromatic carbocycles. The Bertz CT molecular complexity index is 721.